The lowest BCUT2D eigenvalue weighted by Gasteiger charge is -2.11. The van der Waals surface area contributed by atoms with Gasteiger partial charge in [-0.15, -0.1) is 0 Å². The first-order valence-electron chi connectivity index (χ1n) is 5.96. The van der Waals surface area contributed by atoms with Crippen LogP contribution < -0.4 is 5.73 Å². The first-order valence-corrected chi connectivity index (χ1v) is 5.96. The Balaban J connectivity index is 2.69. The SMILES string of the molecule is CCc1c(C)nn(-c2c(C)cccc2N)c1C. The number of anilines is 1. The van der Waals surface area contributed by atoms with E-state index in [-0.39, 0.29) is 0 Å². The van der Waals surface area contributed by atoms with Crippen molar-refractivity contribution in [2.45, 2.75) is 34.1 Å². The summed E-state index contributed by atoms with van der Waals surface area (Å²) < 4.78 is 1.97. The second-order valence-electron chi connectivity index (χ2n) is 4.43. The van der Waals surface area contributed by atoms with E-state index in [1.54, 1.807) is 0 Å². The van der Waals surface area contributed by atoms with E-state index in [9.17, 15) is 0 Å². The zero-order valence-electron chi connectivity index (χ0n) is 10.9. The molecular weight excluding hydrogens is 210 g/mol. The van der Waals surface area contributed by atoms with Crippen LogP contribution in [0.3, 0.4) is 0 Å². The predicted molar refractivity (Wildman–Crippen MR) is 71.6 cm³/mol. The van der Waals surface area contributed by atoms with E-state index >= 15 is 0 Å². The predicted octanol–water partition coefficient (Wildman–Crippen LogP) is 2.94. The second-order valence-corrected chi connectivity index (χ2v) is 4.43. The summed E-state index contributed by atoms with van der Waals surface area (Å²) in [5, 5.41) is 4.61. The number of aryl methyl sites for hydroxylation is 2. The van der Waals surface area contributed by atoms with Gasteiger partial charge in [0.25, 0.3) is 0 Å². The summed E-state index contributed by atoms with van der Waals surface area (Å²) in [7, 11) is 0. The smallest absolute Gasteiger partial charge is 0.0907 e. The van der Waals surface area contributed by atoms with Crippen LogP contribution in [0.4, 0.5) is 5.69 Å². The van der Waals surface area contributed by atoms with E-state index in [2.05, 4.69) is 38.9 Å². The number of para-hydroxylation sites is 1. The normalized spacial score (nSPS) is 10.8. The molecule has 2 aromatic rings. The Hall–Kier alpha value is -1.77. The third-order valence-electron chi connectivity index (χ3n) is 3.28. The van der Waals surface area contributed by atoms with Gasteiger partial charge in [-0.25, -0.2) is 4.68 Å². The van der Waals surface area contributed by atoms with Crippen molar-refractivity contribution in [2.24, 2.45) is 0 Å². The number of aromatic nitrogens is 2. The Morgan fingerprint density at radius 3 is 2.47 bits per heavy atom. The Bertz CT molecular complexity index is 533. The van der Waals surface area contributed by atoms with Crippen LogP contribution in [-0.2, 0) is 6.42 Å². The summed E-state index contributed by atoms with van der Waals surface area (Å²) in [6.45, 7) is 8.37. The van der Waals surface area contributed by atoms with E-state index < -0.39 is 0 Å². The van der Waals surface area contributed by atoms with Crippen molar-refractivity contribution in [2.75, 3.05) is 5.73 Å². The number of hydrogen-bond donors (Lipinski definition) is 1. The molecule has 0 aliphatic carbocycles. The van der Waals surface area contributed by atoms with Crippen molar-refractivity contribution in [1.29, 1.82) is 0 Å². The molecular formula is C14H19N3. The molecule has 0 aliphatic heterocycles. The first kappa shape index (κ1) is 11.7. The Kier molecular flexibility index (Phi) is 2.92. The lowest BCUT2D eigenvalue weighted by molar-refractivity contribution is 0.828. The van der Waals surface area contributed by atoms with Crippen LogP contribution in [0, 0.1) is 20.8 Å². The molecule has 0 spiro atoms. The zero-order chi connectivity index (χ0) is 12.6. The maximum Gasteiger partial charge on any atom is 0.0907 e. The summed E-state index contributed by atoms with van der Waals surface area (Å²) >= 11 is 0. The van der Waals surface area contributed by atoms with Gasteiger partial charge in [-0.05, 0) is 44.4 Å². The van der Waals surface area contributed by atoms with Gasteiger partial charge in [-0.1, -0.05) is 19.1 Å². The number of nitrogens with two attached hydrogens (primary N) is 1. The quantitative estimate of drug-likeness (QED) is 0.805. The molecule has 0 unspecified atom stereocenters. The maximum atomic E-state index is 6.06. The molecule has 0 saturated heterocycles. The molecule has 0 radical (unpaired) electrons. The Labute approximate surface area is 102 Å². The summed E-state index contributed by atoms with van der Waals surface area (Å²) in [5.41, 5.74) is 12.6. The molecule has 2 N–H and O–H groups in total. The molecule has 3 heteroatoms. The zero-order valence-corrected chi connectivity index (χ0v) is 10.9. The van der Waals surface area contributed by atoms with Crippen molar-refractivity contribution < 1.29 is 0 Å². The molecule has 1 heterocycles. The van der Waals surface area contributed by atoms with Gasteiger partial charge in [0.1, 0.15) is 0 Å². The molecule has 2 rings (SSSR count). The van der Waals surface area contributed by atoms with Crippen LogP contribution in [0.2, 0.25) is 0 Å². The highest BCUT2D eigenvalue weighted by Gasteiger charge is 2.14. The summed E-state index contributed by atoms with van der Waals surface area (Å²) in [5.74, 6) is 0. The highest BCUT2D eigenvalue weighted by molar-refractivity contribution is 5.62. The number of nitrogens with zero attached hydrogens (tertiary/aromatic N) is 2. The van der Waals surface area contributed by atoms with Gasteiger partial charge in [0.2, 0.25) is 0 Å². The molecule has 90 valence electrons. The molecule has 17 heavy (non-hydrogen) atoms. The monoisotopic (exact) mass is 229 g/mol. The fraction of sp³-hybridized carbons (Fsp3) is 0.357. The van der Waals surface area contributed by atoms with Crippen LogP contribution in [0.25, 0.3) is 5.69 Å². The van der Waals surface area contributed by atoms with Gasteiger partial charge < -0.3 is 5.73 Å². The van der Waals surface area contributed by atoms with Gasteiger partial charge in [-0.3, -0.25) is 0 Å². The molecule has 3 nitrogen and oxygen atoms in total. The fourth-order valence-electron chi connectivity index (χ4n) is 2.38. The van der Waals surface area contributed by atoms with Crippen molar-refractivity contribution in [3.05, 3.63) is 40.7 Å². The van der Waals surface area contributed by atoms with Gasteiger partial charge in [0, 0.05) is 5.69 Å². The van der Waals surface area contributed by atoms with Gasteiger partial charge in [0.05, 0.1) is 17.1 Å². The third-order valence-corrected chi connectivity index (χ3v) is 3.28. The van der Waals surface area contributed by atoms with Crippen molar-refractivity contribution >= 4 is 5.69 Å². The molecule has 0 saturated carbocycles. The van der Waals surface area contributed by atoms with Crippen LogP contribution in [-0.4, -0.2) is 9.78 Å². The first-order chi connectivity index (χ1) is 8.06. The number of benzene rings is 1. The minimum Gasteiger partial charge on any atom is -0.397 e. The molecule has 0 fully saturated rings. The number of rotatable bonds is 2. The van der Waals surface area contributed by atoms with Crippen LogP contribution in [0.1, 0.15) is 29.4 Å². The molecule has 0 amide bonds. The van der Waals surface area contributed by atoms with Crippen LogP contribution in [0.5, 0.6) is 0 Å². The van der Waals surface area contributed by atoms with E-state index in [1.807, 2.05) is 16.8 Å². The molecule has 0 atom stereocenters. The lowest BCUT2D eigenvalue weighted by atomic mass is 10.1. The lowest BCUT2D eigenvalue weighted by Crippen LogP contribution is -2.05. The Morgan fingerprint density at radius 1 is 1.24 bits per heavy atom. The van der Waals surface area contributed by atoms with E-state index in [1.165, 1.54) is 11.3 Å². The largest absolute Gasteiger partial charge is 0.397 e. The average molecular weight is 229 g/mol. The van der Waals surface area contributed by atoms with Gasteiger partial charge >= 0.3 is 0 Å². The standard InChI is InChI=1S/C14H19N3/c1-5-12-10(3)16-17(11(12)4)14-9(2)7-6-8-13(14)15/h6-8H,5,15H2,1-4H3. The summed E-state index contributed by atoms with van der Waals surface area (Å²) in [6, 6.07) is 5.96. The van der Waals surface area contributed by atoms with Crippen molar-refractivity contribution in [1.82, 2.24) is 9.78 Å². The van der Waals surface area contributed by atoms with Crippen molar-refractivity contribution in [3.63, 3.8) is 0 Å². The van der Waals surface area contributed by atoms with Crippen LogP contribution in [0.15, 0.2) is 18.2 Å². The average Bonchev–Trinajstić information content (AvgIpc) is 2.54. The highest BCUT2D eigenvalue weighted by Crippen LogP contribution is 2.25. The van der Waals surface area contributed by atoms with E-state index in [0.717, 1.165) is 29.1 Å². The highest BCUT2D eigenvalue weighted by atomic mass is 15.3. The van der Waals surface area contributed by atoms with Crippen LogP contribution >= 0.6 is 0 Å². The second kappa shape index (κ2) is 4.24. The minimum absolute atomic E-state index is 0.776. The van der Waals surface area contributed by atoms with Crippen molar-refractivity contribution in [3.8, 4) is 5.69 Å². The molecule has 0 aliphatic rings. The minimum atomic E-state index is 0.776. The fourth-order valence-corrected chi connectivity index (χ4v) is 2.38. The van der Waals surface area contributed by atoms with Gasteiger partial charge in [0.15, 0.2) is 0 Å². The topological polar surface area (TPSA) is 43.8 Å². The number of nitrogen functional groups attached to an aromatic ring is 1. The summed E-state index contributed by atoms with van der Waals surface area (Å²) in [6.07, 6.45) is 1.00. The van der Waals surface area contributed by atoms with E-state index in [4.69, 9.17) is 5.73 Å². The maximum absolute atomic E-state index is 6.06. The summed E-state index contributed by atoms with van der Waals surface area (Å²) in [4.78, 5) is 0. The van der Waals surface area contributed by atoms with E-state index in [0.29, 0.717) is 0 Å². The molecule has 0 bridgehead atoms. The molecule has 1 aromatic heterocycles. The van der Waals surface area contributed by atoms with Gasteiger partial charge in [-0.2, -0.15) is 5.10 Å². The third kappa shape index (κ3) is 1.82. The molecule has 1 aromatic carbocycles. The Morgan fingerprint density at radius 2 is 1.94 bits per heavy atom. The number of hydrogen-bond acceptors (Lipinski definition) is 2.